The molecule has 0 atom stereocenters. The largest absolute Gasteiger partial charge is 0.375 e. The maximum absolute atomic E-state index is 11.8. The topological polar surface area (TPSA) is 68.0 Å². The van der Waals surface area contributed by atoms with Crippen LogP contribution in [0.3, 0.4) is 0 Å². The van der Waals surface area contributed by atoms with Crippen molar-refractivity contribution in [2.75, 3.05) is 11.1 Å². The number of nitrogens with zero attached hydrogens (tertiary/aromatic N) is 1. The summed E-state index contributed by atoms with van der Waals surface area (Å²) < 4.78 is 0. The second kappa shape index (κ2) is 4.54. The minimum Gasteiger partial charge on any atom is -0.375 e. The number of nitrogen functional groups attached to an aromatic ring is 1. The SMILES string of the molecule is Nc1nc(S)c(C(=O)Nc2ccccc2)s1. The number of rotatable bonds is 2. The van der Waals surface area contributed by atoms with Gasteiger partial charge in [-0.05, 0) is 12.1 Å². The van der Waals surface area contributed by atoms with Crippen LogP contribution in [0.15, 0.2) is 35.4 Å². The van der Waals surface area contributed by atoms with Crippen molar-refractivity contribution in [1.82, 2.24) is 4.98 Å². The molecule has 0 saturated carbocycles. The van der Waals surface area contributed by atoms with E-state index in [4.69, 9.17) is 5.73 Å². The van der Waals surface area contributed by atoms with Crippen molar-refractivity contribution >= 4 is 40.7 Å². The maximum atomic E-state index is 11.8. The highest BCUT2D eigenvalue weighted by Crippen LogP contribution is 2.24. The van der Waals surface area contributed by atoms with Gasteiger partial charge in [-0.15, -0.1) is 12.6 Å². The van der Waals surface area contributed by atoms with E-state index in [2.05, 4.69) is 22.9 Å². The van der Waals surface area contributed by atoms with Crippen LogP contribution in [0.25, 0.3) is 0 Å². The highest BCUT2D eigenvalue weighted by molar-refractivity contribution is 7.80. The molecule has 4 nitrogen and oxygen atoms in total. The Kier molecular flexibility index (Phi) is 3.12. The highest BCUT2D eigenvalue weighted by atomic mass is 32.1. The summed E-state index contributed by atoms with van der Waals surface area (Å²) in [6.45, 7) is 0. The van der Waals surface area contributed by atoms with Crippen LogP contribution in [0.2, 0.25) is 0 Å². The Morgan fingerprint density at radius 2 is 2.06 bits per heavy atom. The normalized spacial score (nSPS) is 10.1. The molecule has 1 heterocycles. The molecule has 0 unspecified atom stereocenters. The molecule has 1 aromatic carbocycles. The van der Waals surface area contributed by atoms with Gasteiger partial charge in [0.1, 0.15) is 9.90 Å². The van der Waals surface area contributed by atoms with E-state index in [0.717, 1.165) is 17.0 Å². The fourth-order valence-electron chi connectivity index (χ4n) is 1.19. The molecule has 2 rings (SSSR count). The zero-order valence-electron chi connectivity index (χ0n) is 8.18. The van der Waals surface area contributed by atoms with Gasteiger partial charge in [-0.1, -0.05) is 29.5 Å². The molecule has 3 N–H and O–H groups in total. The van der Waals surface area contributed by atoms with Gasteiger partial charge in [0.05, 0.1) is 0 Å². The third-order valence-corrected chi connectivity index (χ3v) is 3.22. The van der Waals surface area contributed by atoms with Gasteiger partial charge in [-0.2, -0.15) is 0 Å². The molecule has 0 aliphatic heterocycles. The molecule has 0 fully saturated rings. The Morgan fingerprint density at radius 3 is 2.62 bits per heavy atom. The number of nitrogens with two attached hydrogens (primary N) is 1. The summed E-state index contributed by atoms with van der Waals surface area (Å²) in [5, 5.41) is 3.43. The van der Waals surface area contributed by atoms with E-state index < -0.39 is 0 Å². The number of carbonyl (C=O) groups is 1. The Bertz CT molecular complexity index is 510. The number of nitrogens with one attached hydrogen (secondary N) is 1. The summed E-state index contributed by atoms with van der Waals surface area (Å²) in [6, 6.07) is 9.18. The monoisotopic (exact) mass is 251 g/mol. The molecule has 6 heteroatoms. The van der Waals surface area contributed by atoms with Gasteiger partial charge in [0.2, 0.25) is 0 Å². The van der Waals surface area contributed by atoms with Crippen LogP contribution in [0, 0.1) is 0 Å². The van der Waals surface area contributed by atoms with Crippen LogP contribution in [-0.2, 0) is 0 Å². The van der Waals surface area contributed by atoms with Crippen LogP contribution in [0.1, 0.15) is 9.67 Å². The Balaban J connectivity index is 2.18. The zero-order chi connectivity index (χ0) is 11.5. The van der Waals surface area contributed by atoms with E-state index in [1.165, 1.54) is 0 Å². The predicted molar refractivity (Wildman–Crippen MR) is 68.2 cm³/mol. The van der Waals surface area contributed by atoms with E-state index in [1.807, 2.05) is 18.2 Å². The fraction of sp³-hybridized carbons (Fsp3) is 0. The van der Waals surface area contributed by atoms with Gasteiger partial charge in [0.25, 0.3) is 5.91 Å². The molecule has 1 aromatic heterocycles. The lowest BCUT2D eigenvalue weighted by molar-refractivity contribution is 0.102. The first-order chi connectivity index (χ1) is 7.66. The van der Waals surface area contributed by atoms with Crippen molar-refractivity contribution in [2.24, 2.45) is 0 Å². The first-order valence-corrected chi connectivity index (χ1v) is 5.75. The van der Waals surface area contributed by atoms with E-state index in [9.17, 15) is 4.79 Å². The number of hydrogen-bond donors (Lipinski definition) is 3. The third kappa shape index (κ3) is 2.34. The smallest absolute Gasteiger partial charge is 0.268 e. The molecule has 82 valence electrons. The van der Waals surface area contributed by atoms with E-state index in [0.29, 0.717) is 15.0 Å². The van der Waals surface area contributed by atoms with Crippen LogP contribution in [-0.4, -0.2) is 10.9 Å². The Labute approximate surface area is 102 Å². The van der Waals surface area contributed by atoms with Gasteiger partial charge in [0, 0.05) is 5.69 Å². The summed E-state index contributed by atoms with van der Waals surface area (Å²) in [7, 11) is 0. The molecule has 0 aliphatic carbocycles. The van der Waals surface area contributed by atoms with Crippen molar-refractivity contribution < 1.29 is 4.79 Å². The number of anilines is 2. The van der Waals surface area contributed by atoms with E-state index in [-0.39, 0.29) is 5.91 Å². The Hall–Kier alpha value is -1.53. The Morgan fingerprint density at radius 1 is 1.38 bits per heavy atom. The lowest BCUT2D eigenvalue weighted by atomic mass is 10.3. The number of carbonyl (C=O) groups excluding carboxylic acids is 1. The zero-order valence-corrected chi connectivity index (χ0v) is 9.89. The number of amides is 1. The van der Waals surface area contributed by atoms with E-state index in [1.54, 1.807) is 12.1 Å². The lowest BCUT2D eigenvalue weighted by Gasteiger charge is -2.02. The number of hydrogen-bond acceptors (Lipinski definition) is 5. The highest BCUT2D eigenvalue weighted by Gasteiger charge is 2.14. The summed E-state index contributed by atoms with van der Waals surface area (Å²) in [5.74, 6) is -0.245. The van der Waals surface area contributed by atoms with Crippen LogP contribution >= 0.6 is 24.0 Å². The van der Waals surface area contributed by atoms with Gasteiger partial charge >= 0.3 is 0 Å². The molecule has 0 bridgehead atoms. The van der Waals surface area contributed by atoms with E-state index >= 15 is 0 Å². The van der Waals surface area contributed by atoms with Crippen molar-refractivity contribution in [3.8, 4) is 0 Å². The number of para-hydroxylation sites is 1. The van der Waals surface area contributed by atoms with Crippen molar-refractivity contribution in [3.63, 3.8) is 0 Å². The van der Waals surface area contributed by atoms with Crippen molar-refractivity contribution in [2.45, 2.75) is 5.03 Å². The lowest BCUT2D eigenvalue weighted by Crippen LogP contribution is -2.10. The summed E-state index contributed by atoms with van der Waals surface area (Å²) in [6.07, 6.45) is 0. The quantitative estimate of drug-likeness (QED) is 0.717. The summed E-state index contributed by atoms with van der Waals surface area (Å²) >= 11 is 5.20. The molecule has 0 radical (unpaired) electrons. The van der Waals surface area contributed by atoms with Gasteiger partial charge < -0.3 is 11.1 Å². The first-order valence-electron chi connectivity index (χ1n) is 4.48. The number of thiazole rings is 1. The third-order valence-electron chi connectivity index (χ3n) is 1.86. The van der Waals surface area contributed by atoms with Crippen LogP contribution < -0.4 is 11.1 Å². The average molecular weight is 251 g/mol. The van der Waals surface area contributed by atoms with Gasteiger partial charge in [-0.3, -0.25) is 4.79 Å². The molecule has 16 heavy (non-hydrogen) atoms. The molecule has 2 aromatic rings. The molecular weight excluding hydrogens is 242 g/mol. The molecule has 0 saturated heterocycles. The minimum absolute atomic E-state index is 0.245. The standard InChI is InChI=1S/C10H9N3OS2/c11-10-13-9(15)7(16-10)8(14)12-6-4-2-1-3-5-6/h1-5,15H,(H2,11,13)(H,12,14). The summed E-state index contributed by atoms with van der Waals surface area (Å²) in [4.78, 5) is 16.1. The summed E-state index contributed by atoms with van der Waals surface area (Å²) in [5.41, 5.74) is 6.22. The fourth-order valence-corrected chi connectivity index (χ4v) is 2.23. The number of thiol groups is 1. The minimum atomic E-state index is -0.245. The average Bonchev–Trinajstić information content (AvgIpc) is 2.59. The second-order valence-corrected chi connectivity index (χ2v) is 4.48. The first kappa shape index (κ1) is 11.0. The number of aromatic nitrogens is 1. The predicted octanol–water partition coefficient (Wildman–Crippen LogP) is 2.27. The number of benzene rings is 1. The van der Waals surface area contributed by atoms with Crippen molar-refractivity contribution in [3.05, 3.63) is 35.2 Å². The second-order valence-electron chi connectivity index (χ2n) is 3.02. The molecule has 1 amide bonds. The molecular formula is C10H9N3OS2. The van der Waals surface area contributed by atoms with Gasteiger partial charge in [-0.25, -0.2) is 4.98 Å². The molecule has 0 spiro atoms. The van der Waals surface area contributed by atoms with Crippen LogP contribution in [0.4, 0.5) is 10.8 Å². The van der Waals surface area contributed by atoms with Crippen LogP contribution in [0.5, 0.6) is 0 Å². The molecule has 0 aliphatic rings. The van der Waals surface area contributed by atoms with Crippen molar-refractivity contribution in [1.29, 1.82) is 0 Å². The maximum Gasteiger partial charge on any atom is 0.268 e. The van der Waals surface area contributed by atoms with Gasteiger partial charge in [0.15, 0.2) is 5.13 Å².